The van der Waals surface area contributed by atoms with Gasteiger partial charge in [-0.2, -0.15) is 0 Å². The van der Waals surface area contributed by atoms with Crippen molar-refractivity contribution >= 4 is 21.6 Å². The van der Waals surface area contributed by atoms with E-state index in [1.54, 1.807) is 6.92 Å². The van der Waals surface area contributed by atoms with E-state index in [4.69, 9.17) is 9.47 Å². The van der Waals surface area contributed by atoms with Gasteiger partial charge in [0.15, 0.2) is 0 Å². The van der Waals surface area contributed by atoms with E-state index in [9.17, 15) is 19.1 Å². The zero-order valence-electron chi connectivity index (χ0n) is 18.3. The van der Waals surface area contributed by atoms with Crippen molar-refractivity contribution < 1.29 is 28.6 Å². The highest BCUT2D eigenvalue weighted by molar-refractivity contribution is 7.52. The lowest BCUT2D eigenvalue weighted by atomic mass is 9.89. The van der Waals surface area contributed by atoms with E-state index < -0.39 is 15.7 Å². The normalized spacial score (nSPS) is 14.8. The second-order valence-corrected chi connectivity index (χ2v) is 16.2. The first-order valence-corrected chi connectivity index (χ1v) is 15.5. The van der Waals surface area contributed by atoms with Crippen molar-refractivity contribution in [2.45, 2.75) is 65.9 Å². The standard InChI is InChI=1S/C21H33O6PSi/c1-7-16-15(3)18-12-27-21(22)19(18)20(26-10-11-29(4,5)6)17(16)9-8-14(2)13-28(23,24)25/h8H,7,9-13H2,1-6H3,(H2,23,24,25). The Balaban J connectivity index is 2.50. The number of esters is 1. The van der Waals surface area contributed by atoms with Crippen LogP contribution in [0.3, 0.4) is 0 Å². The highest BCUT2D eigenvalue weighted by atomic mass is 31.2. The van der Waals surface area contributed by atoms with E-state index in [-0.39, 0.29) is 18.7 Å². The van der Waals surface area contributed by atoms with Gasteiger partial charge in [-0.15, -0.1) is 0 Å². The van der Waals surface area contributed by atoms with E-state index in [2.05, 4.69) is 26.6 Å². The summed E-state index contributed by atoms with van der Waals surface area (Å²) in [6, 6.07) is 0.971. The third kappa shape index (κ3) is 6.29. The lowest BCUT2D eigenvalue weighted by Gasteiger charge is -2.22. The number of cyclic esters (lactones) is 1. The molecule has 0 bridgehead atoms. The van der Waals surface area contributed by atoms with Gasteiger partial charge in [0.1, 0.15) is 17.9 Å². The maximum absolute atomic E-state index is 12.5. The summed E-state index contributed by atoms with van der Waals surface area (Å²) in [6.45, 7) is 13.4. The molecular formula is C21H33O6PSi. The number of allylic oxidation sites excluding steroid dienone is 2. The van der Waals surface area contributed by atoms with Gasteiger partial charge >= 0.3 is 13.6 Å². The predicted octanol–water partition coefficient (Wildman–Crippen LogP) is 4.61. The Bertz CT molecular complexity index is 863. The molecule has 1 aromatic carbocycles. The van der Waals surface area contributed by atoms with Crippen molar-refractivity contribution in [3.8, 4) is 5.75 Å². The Morgan fingerprint density at radius 2 is 1.93 bits per heavy atom. The summed E-state index contributed by atoms with van der Waals surface area (Å²) in [5.41, 5.74) is 5.12. The number of rotatable bonds is 9. The minimum absolute atomic E-state index is 0.269. The van der Waals surface area contributed by atoms with Gasteiger partial charge in [0.05, 0.1) is 12.8 Å². The molecule has 2 rings (SSSR count). The second kappa shape index (κ2) is 9.17. The van der Waals surface area contributed by atoms with Gasteiger partial charge in [-0.3, -0.25) is 4.57 Å². The summed E-state index contributed by atoms with van der Waals surface area (Å²) in [6.07, 6.45) is 2.79. The first-order valence-electron chi connectivity index (χ1n) is 10.0. The molecule has 0 saturated heterocycles. The Morgan fingerprint density at radius 3 is 2.48 bits per heavy atom. The van der Waals surface area contributed by atoms with Crippen LogP contribution in [0.4, 0.5) is 0 Å². The summed E-state index contributed by atoms with van der Waals surface area (Å²) in [5, 5.41) is 0. The maximum atomic E-state index is 12.5. The highest BCUT2D eigenvalue weighted by Gasteiger charge is 2.32. The van der Waals surface area contributed by atoms with Gasteiger partial charge in [0, 0.05) is 19.2 Å². The molecule has 1 aliphatic rings. The van der Waals surface area contributed by atoms with E-state index in [0.29, 0.717) is 29.9 Å². The zero-order valence-corrected chi connectivity index (χ0v) is 20.2. The molecule has 0 radical (unpaired) electrons. The molecule has 0 atom stereocenters. The van der Waals surface area contributed by atoms with E-state index in [1.165, 1.54) is 0 Å². The van der Waals surface area contributed by atoms with Gasteiger partial charge in [-0.25, -0.2) is 4.79 Å². The van der Waals surface area contributed by atoms with Crippen molar-refractivity contribution in [1.29, 1.82) is 0 Å². The average Bonchev–Trinajstić information content (AvgIpc) is 2.94. The molecule has 1 aromatic rings. The van der Waals surface area contributed by atoms with Crippen LogP contribution in [0.15, 0.2) is 11.6 Å². The number of carbonyl (C=O) groups excluding carboxylic acids is 1. The predicted molar refractivity (Wildman–Crippen MR) is 118 cm³/mol. The molecule has 2 N–H and O–H groups in total. The minimum Gasteiger partial charge on any atom is -0.493 e. The number of benzene rings is 1. The van der Waals surface area contributed by atoms with Gasteiger partial charge in [0.2, 0.25) is 0 Å². The molecule has 1 heterocycles. The summed E-state index contributed by atoms with van der Waals surface area (Å²) in [5.74, 6) is 0.231. The van der Waals surface area contributed by atoms with Crippen molar-refractivity contribution in [3.63, 3.8) is 0 Å². The fourth-order valence-electron chi connectivity index (χ4n) is 3.61. The maximum Gasteiger partial charge on any atom is 0.342 e. The van der Waals surface area contributed by atoms with Gasteiger partial charge in [0.25, 0.3) is 0 Å². The van der Waals surface area contributed by atoms with Crippen molar-refractivity contribution in [1.82, 2.24) is 0 Å². The molecule has 0 spiro atoms. The molecule has 0 saturated carbocycles. The fourth-order valence-corrected chi connectivity index (χ4v) is 5.10. The lowest BCUT2D eigenvalue weighted by molar-refractivity contribution is 0.0532. The molecule has 6 nitrogen and oxygen atoms in total. The highest BCUT2D eigenvalue weighted by Crippen LogP contribution is 2.40. The largest absolute Gasteiger partial charge is 0.493 e. The summed E-state index contributed by atoms with van der Waals surface area (Å²) in [4.78, 5) is 30.9. The number of ether oxygens (including phenoxy) is 2. The molecule has 8 heteroatoms. The summed E-state index contributed by atoms with van der Waals surface area (Å²) in [7, 11) is -5.42. The Labute approximate surface area is 174 Å². The monoisotopic (exact) mass is 440 g/mol. The first-order chi connectivity index (χ1) is 13.3. The summed E-state index contributed by atoms with van der Waals surface area (Å²) < 4.78 is 22.8. The molecule has 0 aliphatic carbocycles. The summed E-state index contributed by atoms with van der Waals surface area (Å²) >= 11 is 0. The van der Waals surface area contributed by atoms with Gasteiger partial charge < -0.3 is 19.3 Å². The Kier molecular flexibility index (Phi) is 7.55. The zero-order chi connectivity index (χ0) is 22.0. The Morgan fingerprint density at radius 1 is 1.28 bits per heavy atom. The van der Waals surface area contributed by atoms with Crippen LogP contribution < -0.4 is 4.74 Å². The van der Waals surface area contributed by atoms with Crippen LogP contribution in [0, 0.1) is 6.92 Å². The average molecular weight is 441 g/mol. The molecule has 0 amide bonds. The minimum atomic E-state index is -4.11. The van der Waals surface area contributed by atoms with Crippen LogP contribution in [0.5, 0.6) is 5.75 Å². The number of fused-ring (bicyclic) bond motifs is 1. The molecule has 29 heavy (non-hydrogen) atoms. The molecule has 162 valence electrons. The van der Waals surface area contributed by atoms with E-state index >= 15 is 0 Å². The van der Waals surface area contributed by atoms with E-state index in [1.807, 2.05) is 13.0 Å². The molecular weight excluding hydrogens is 407 g/mol. The fraction of sp³-hybridized carbons (Fsp3) is 0.571. The quantitative estimate of drug-likeness (QED) is 0.252. The van der Waals surface area contributed by atoms with E-state index in [0.717, 1.165) is 34.7 Å². The SMILES string of the molecule is CCc1c(C)c2c(c(OCC[Si](C)(C)C)c1CC=C(C)CP(=O)(O)O)C(=O)OC2. The van der Waals surface area contributed by atoms with Crippen molar-refractivity contribution in [2.24, 2.45) is 0 Å². The van der Waals surface area contributed by atoms with Gasteiger partial charge in [-0.05, 0) is 43.9 Å². The van der Waals surface area contributed by atoms with Crippen LogP contribution >= 0.6 is 7.60 Å². The van der Waals surface area contributed by atoms with Crippen LogP contribution in [0.2, 0.25) is 25.7 Å². The molecule has 0 fully saturated rings. The molecule has 0 unspecified atom stereocenters. The lowest BCUT2D eigenvalue weighted by Crippen LogP contribution is -2.23. The van der Waals surface area contributed by atoms with Gasteiger partial charge in [-0.1, -0.05) is 38.2 Å². The van der Waals surface area contributed by atoms with Crippen molar-refractivity contribution in [3.05, 3.63) is 39.5 Å². The topological polar surface area (TPSA) is 93.1 Å². The third-order valence-electron chi connectivity index (χ3n) is 5.19. The van der Waals surface area contributed by atoms with Crippen LogP contribution in [-0.4, -0.2) is 36.6 Å². The first kappa shape index (κ1) is 23.9. The van der Waals surface area contributed by atoms with Crippen molar-refractivity contribution in [2.75, 3.05) is 12.8 Å². The number of carbonyl (C=O) groups is 1. The number of hydrogen-bond donors (Lipinski definition) is 2. The Hall–Kier alpha value is -1.40. The molecule has 0 aromatic heterocycles. The number of hydrogen-bond acceptors (Lipinski definition) is 4. The smallest absolute Gasteiger partial charge is 0.342 e. The molecule has 1 aliphatic heterocycles. The van der Waals surface area contributed by atoms with Crippen LogP contribution in [0.25, 0.3) is 0 Å². The second-order valence-electron chi connectivity index (χ2n) is 8.93. The third-order valence-corrected chi connectivity index (χ3v) is 7.80. The van der Waals surface area contributed by atoms with Crippen LogP contribution in [0.1, 0.15) is 46.5 Å². The van der Waals surface area contributed by atoms with Crippen LogP contribution in [-0.2, 0) is 28.8 Å².